The van der Waals surface area contributed by atoms with Crippen LogP contribution in [-0.4, -0.2) is 27.3 Å². The van der Waals surface area contributed by atoms with Gasteiger partial charge in [-0.15, -0.1) is 11.8 Å². The fraction of sp³-hybridized carbons (Fsp3) is 0.312. The van der Waals surface area contributed by atoms with Crippen LogP contribution < -0.4 is 10.9 Å². The van der Waals surface area contributed by atoms with Crippen LogP contribution in [0.5, 0.6) is 0 Å². The summed E-state index contributed by atoms with van der Waals surface area (Å²) < 4.78 is 40.5. The lowest BCUT2D eigenvalue weighted by atomic mass is 10.2. The molecule has 2 N–H and O–H groups in total. The van der Waals surface area contributed by atoms with Crippen molar-refractivity contribution in [2.45, 2.75) is 31.0 Å². The summed E-state index contributed by atoms with van der Waals surface area (Å²) in [4.78, 5) is 24.6. The molecule has 1 aromatic heterocycles. The number of aromatic nitrogens is 2. The molecule has 2 rings (SSSR count). The van der Waals surface area contributed by atoms with Gasteiger partial charge in [0.2, 0.25) is 5.91 Å². The van der Waals surface area contributed by atoms with Crippen LogP contribution in [0.3, 0.4) is 0 Å². The molecule has 0 fully saturated rings. The van der Waals surface area contributed by atoms with Crippen molar-refractivity contribution in [1.29, 1.82) is 0 Å². The molecule has 2 aromatic rings. The van der Waals surface area contributed by atoms with Crippen molar-refractivity contribution < 1.29 is 22.8 Å². The number of hydrogen-bond acceptors (Lipinski definition) is 4. The lowest BCUT2D eigenvalue weighted by molar-refractivity contribution is -0.145. The van der Waals surface area contributed by atoms with Crippen LogP contribution in [0.2, 0.25) is 5.02 Å². The minimum Gasteiger partial charge on any atom is -0.272 e. The number of carbonyl (C=O) groups is 2. The van der Waals surface area contributed by atoms with Gasteiger partial charge in [-0.25, -0.2) is 0 Å². The second-order valence-electron chi connectivity index (χ2n) is 5.69. The lowest BCUT2D eigenvalue weighted by Gasteiger charge is -2.15. The first-order valence-electron chi connectivity index (χ1n) is 7.72. The van der Waals surface area contributed by atoms with E-state index in [1.165, 1.54) is 25.6 Å². The molecule has 0 aliphatic rings. The highest BCUT2D eigenvalue weighted by atomic mass is 35.5. The molecule has 0 saturated carbocycles. The Hall–Kier alpha value is -2.20. The highest BCUT2D eigenvalue weighted by Gasteiger charge is 2.40. The summed E-state index contributed by atoms with van der Waals surface area (Å²) in [6.07, 6.45) is -3.94. The first-order valence-corrected chi connectivity index (χ1v) is 9.08. The summed E-state index contributed by atoms with van der Waals surface area (Å²) in [6, 6.07) is 6.17. The van der Waals surface area contributed by atoms with Gasteiger partial charge in [0.15, 0.2) is 5.69 Å². The summed E-state index contributed by atoms with van der Waals surface area (Å²) in [5, 5.41) is 4.18. The summed E-state index contributed by atoms with van der Waals surface area (Å²) in [5.74, 6) is -1.72. The normalized spacial score (nSPS) is 11.5. The molecular weight excluding hydrogens is 405 g/mol. The van der Waals surface area contributed by atoms with Gasteiger partial charge in [0.1, 0.15) is 0 Å². The van der Waals surface area contributed by atoms with Crippen molar-refractivity contribution in [2.75, 3.05) is 5.75 Å². The topological polar surface area (TPSA) is 76.0 Å². The first kappa shape index (κ1) is 21.1. The van der Waals surface area contributed by atoms with Crippen LogP contribution in [-0.2, 0) is 11.0 Å². The zero-order chi connectivity index (χ0) is 20.2. The number of halogens is 4. The average Bonchev–Trinajstić information content (AvgIpc) is 3.05. The monoisotopic (exact) mass is 420 g/mol. The van der Waals surface area contributed by atoms with E-state index in [1.54, 1.807) is 24.3 Å². The third-order valence-electron chi connectivity index (χ3n) is 3.30. The van der Waals surface area contributed by atoms with Crippen LogP contribution in [0.15, 0.2) is 35.4 Å². The zero-order valence-corrected chi connectivity index (χ0v) is 15.9. The SMILES string of the molecule is CC(C)n1ncc(C(=O)NNC(=O)CSc2ccc(Cl)cc2)c1C(F)(F)F. The van der Waals surface area contributed by atoms with Crippen molar-refractivity contribution >= 4 is 35.2 Å². The minimum atomic E-state index is -4.76. The number of nitrogens with one attached hydrogen (secondary N) is 2. The fourth-order valence-electron chi connectivity index (χ4n) is 2.11. The molecule has 1 heterocycles. The number of hydrazine groups is 1. The number of nitrogens with zero attached hydrogens (tertiary/aromatic N) is 2. The number of thioether (sulfide) groups is 1. The Morgan fingerprint density at radius 2 is 1.85 bits per heavy atom. The van der Waals surface area contributed by atoms with E-state index in [0.29, 0.717) is 9.70 Å². The standard InChI is InChI=1S/C16H16ClF3N4O2S/c1-9(2)24-14(16(18,19)20)12(7-21-24)15(26)23-22-13(25)8-27-11-5-3-10(17)4-6-11/h3-7,9H,8H2,1-2H3,(H,22,25)(H,23,26). The largest absolute Gasteiger partial charge is 0.433 e. The van der Waals surface area contributed by atoms with Crippen LogP contribution >= 0.6 is 23.4 Å². The highest BCUT2D eigenvalue weighted by Crippen LogP contribution is 2.33. The molecule has 0 saturated heterocycles. The first-order chi connectivity index (χ1) is 12.6. The van der Waals surface area contributed by atoms with E-state index in [0.717, 1.165) is 11.1 Å². The second kappa shape index (κ2) is 8.66. The van der Waals surface area contributed by atoms with Crippen LogP contribution in [0.1, 0.15) is 35.9 Å². The lowest BCUT2D eigenvalue weighted by Crippen LogP contribution is -2.43. The highest BCUT2D eigenvalue weighted by molar-refractivity contribution is 8.00. The van der Waals surface area contributed by atoms with E-state index in [1.807, 2.05) is 5.43 Å². The predicted molar refractivity (Wildman–Crippen MR) is 95.4 cm³/mol. The summed E-state index contributed by atoms with van der Waals surface area (Å²) in [6.45, 7) is 3.03. The van der Waals surface area contributed by atoms with Crippen LogP contribution in [0, 0.1) is 0 Å². The molecule has 6 nitrogen and oxygen atoms in total. The van der Waals surface area contributed by atoms with Crippen molar-refractivity contribution in [2.24, 2.45) is 0 Å². The number of hydrogen-bond donors (Lipinski definition) is 2. The van der Waals surface area contributed by atoms with Crippen molar-refractivity contribution in [3.05, 3.63) is 46.7 Å². The number of alkyl halides is 3. The zero-order valence-electron chi connectivity index (χ0n) is 14.3. The molecule has 11 heteroatoms. The molecule has 0 spiro atoms. The van der Waals surface area contributed by atoms with Gasteiger partial charge in [0.25, 0.3) is 5.91 Å². The minimum absolute atomic E-state index is 0.0424. The fourth-order valence-corrected chi connectivity index (χ4v) is 2.94. The Labute approximate surface area is 162 Å². The quantitative estimate of drug-likeness (QED) is 0.571. The maximum absolute atomic E-state index is 13.3. The van der Waals surface area contributed by atoms with Gasteiger partial charge >= 0.3 is 6.18 Å². The van der Waals surface area contributed by atoms with Crippen molar-refractivity contribution in [3.8, 4) is 0 Å². The molecule has 0 aliphatic carbocycles. The number of benzene rings is 1. The van der Waals surface area contributed by atoms with Crippen LogP contribution in [0.25, 0.3) is 0 Å². The molecule has 27 heavy (non-hydrogen) atoms. The summed E-state index contributed by atoms with van der Waals surface area (Å²) >= 11 is 6.94. The van der Waals surface area contributed by atoms with Gasteiger partial charge in [0, 0.05) is 16.0 Å². The predicted octanol–water partition coefficient (Wildman–Crippen LogP) is 3.69. The van der Waals surface area contributed by atoms with Gasteiger partial charge < -0.3 is 0 Å². The van der Waals surface area contributed by atoms with E-state index in [-0.39, 0.29) is 5.75 Å². The van der Waals surface area contributed by atoms with E-state index in [2.05, 4.69) is 10.5 Å². The molecule has 0 aliphatic heterocycles. The van der Waals surface area contributed by atoms with E-state index < -0.39 is 35.3 Å². The summed E-state index contributed by atoms with van der Waals surface area (Å²) in [5.41, 5.74) is 2.24. The van der Waals surface area contributed by atoms with E-state index in [9.17, 15) is 22.8 Å². The second-order valence-corrected chi connectivity index (χ2v) is 7.17. The van der Waals surface area contributed by atoms with Crippen LogP contribution in [0.4, 0.5) is 13.2 Å². The van der Waals surface area contributed by atoms with Gasteiger partial charge in [-0.1, -0.05) is 11.6 Å². The number of rotatable bonds is 5. The van der Waals surface area contributed by atoms with Crippen molar-refractivity contribution in [1.82, 2.24) is 20.6 Å². The van der Waals surface area contributed by atoms with E-state index in [4.69, 9.17) is 11.6 Å². The summed E-state index contributed by atoms with van der Waals surface area (Å²) in [7, 11) is 0. The molecule has 0 atom stereocenters. The molecule has 146 valence electrons. The Morgan fingerprint density at radius 1 is 1.22 bits per heavy atom. The third-order valence-corrected chi connectivity index (χ3v) is 4.56. The molecular formula is C16H16ClF3N4O2S. The Bertz CT molecular complexity index is 822. The molecule has 0 unspecified atom stereocenters. The van der Waals surface area contributed by atoms with Gasteiger partial charge in [-0.2, -0.15) is 18.3 Å². The van der Waals surface area contributed by atoms with E-state index >= 15 is 0 Å². The number of carbonyl (C=O) groups excluding carboxylic acids is 2. The van der Waals surface area contributed by atoms with Gasteiger partial charge in [-0.3, -0.25) is 25.1 Å². The number of amides is 2. The molecule has 0 radical (unpaired) electrons. The van der Waals surface area contributed by atoms with Gasteiger partial charge in [-0.05, 0) is 38.1 Å². The Kier molecular flexibility index (Phi) is 6.77. The molecule has 0 bridgehead atoms. The van der Waals surface area contributed by atoms with Gasteiger partial charge in [0.05, 0.1) is 17.5 Å². The molecule has 1 aromatic carbocycles. The maximum Gasteiger partial charge on any atom is 0.433 e. The Balaban J connectivity index is 1.97. The molecule has 2 amide bonds. The smallest absolute Gasteiger partial charge is 0.272 e. The third kappa shape index (κ3) is 5.64. The Morgan fingerprint density at radius 3 is 2.41 bits per heavy atom. The van der Waals surface area contributed by atoms with Crippen molar-refractivity contribution in [3.63, 3.8) is 0 Å². The average molecular weight is 421 g/mol. The maximum atomic E-state index is 13.3.